The first-order valence-corrected chi connectivity index (χ1v) is 10.9. The number of hydrogen-bond acceptors (Lipinski definition) is 5. The lowest BCUT2D eigenvalue weighted by Crippen LogP contribution is -2.44. The molecule has 0 spiro atoms. The van der Waals surface area contributed by atoms with Gasteiger partial charge in [-0.1, -0.05) is 0 Å². The van der Waals surface area contributed by atoms with Crippen LogP contribution >= 0.6 is 0 Å². The van der Waals surface area contributed by atoms with Gasteiger partial charge in [-0.2, -0.15) is 0 Å². The number of aromatic amines is 1. The van der Waals surface area contributed by atoms with Crippen LogP contribution in [0.2, 0.25) is 0 Å². The third kappa shape index (κ3) is 3.04. The molecule has 7 rings (SSSR count). The van der Waals surface area contributed by atoms with Crippen LogP contribution in [0.4, 0.5) is 14.6 Å². The van der Waals surface area contributed by atoms with E-state index in [0.717, 1.165) is 31.7 Å². The van der Waals surface area contributed by atoms with Gasteiger partial charge in [-0.05, 0) is 43.6 Å². The zero-order chi connectivity index (χ0) is 22.9. The third-order valence-electron chi connectivity index (χ3n) is 6.97. The lowest BCUT2D eigenvalue weighted by atomic mass is 9.63. The van der Waals surface area contributed by atoms with Crippen LogP contribution in [-0.4, -0.2) is 41.3 Å². The first kappa shape index (κ1) is 20.0. The molecular weight excluding hydrogens is 430 g/mol. The molecule has 3 aliphatic carbocycles. The average Bonchev–Trinajstić information content (AvgIpc) is 3.38. The molecule has 168 valence electrons. The van der Waals surface area contributed by atoms with Crippen molar-refractivity contribution in [2.45, 2.75) is 25.7 Å². The Kier molecular flexibility index (Phi) is 4.33. The Morgan fingerprint density at radius 1 is 1.21 bits per heavy atom. The molecule has 0 unspecified atom stereocenters. The lowest BCUT2D eigenvalue weighted by Gasteiger charge is -2.41. The topological polar surface area (TPSA) is 109 Å². The molecule has 0 aliphatic heterocycles. The van der Waals surface area contributed by atoms with Crippen LogP contribution in [0.25, 0.3) is 33.5 Å². The molecule has 3 aliphatic rings. The number of aliphatic imine (C=N–C) groups is 1. The van der Waals surface area contributed by atoms with Crippen molar-refractivity contribution in [3.8, 4) is 11.4 Å². The maximum atomic E-state index is 14.2. The number of hydrogen-bond donors (Lipinski definition) is 2. The van der Waals surface area contributed by atoms with Gasteiger partial charge in [-0.3, -0.25) is 4.79 Å². The molecular formula is C23H20F2N6O2. The minimum Gasteiger partial charge on any atom is -0.481 e. The van der Waals surface area contributed by atoms with Gasteiger partial charge in [-0.15, -0.1) is 0 Å². The normalized spacial score (nSPS) is 23.7. The quantitative estimate of drug-likeness (QED) is 0.481. The first-order valence-electron chi connectivity index (χ1n) is 10.9. The van der Waals surface area contributed by atoms with Gasteiger partial charge in [0, 0.05) is 36.0 Å². The Balaban J connectivity index is 1.57. The van der Waals surface area contributed by atoms with Gasteiger partial charge in [0.15, 0.2) is 22.8 Å². The van der Waals surface area contributed by atoms with Crippen LogP contribution in [0.3, 0.4) is 0 Å². The molecule has 1 atom stereocenters. The molecule has 1 aromatic carbocycles. The Labute approximate surface area is 186 Å². The molecule has 0 amide bonds. The SMILES string of the molecule is Cn1cnc2c(N=C3C4CCC(CC4)[C@H]3C(=O)O)nc(-c3c[nH]c4c(F)cc(F)cc34)nc21. The number of aliphatic carboxylic acids is 1. The number of nitrogens with zero attached hydrogens (tertiary/aromatic N) is 5. The highest BCUT2D eigenvalue weighted by Gasteiger charge is 2.45. The van der Waals surface area contributed by atoms with Gasteiger partial charge >= 0.3 is 5.97 Å². The molecule has 3 fully saturated rings. The molecule has 0 saturated heterocycles. The molecule has 3 aromatic heterocycles. The lowest BCUT2D eigenvalue weighted by molar-refractivity contribution is -0.142. The fourth-order valence-corrected chi connectivity index (χ4v) is 5.39. The van der Waals surface area contributed by atoms with Gasteiger partial charge in [0.2, 0.25) is 0 Å². The largest absolute Gasteiger partial charge is 0.481 e. The van der Waals surface area contributed by atoms with E-state index >= 15 is 0 Å². The number of rotatable bonds is 3. The summed E-state index contributed by atoms with van der Waals surface area (Å²) in [5.41, 5.74) is 2.17. The summed E-state index contributed by atoms with van der Waals surface area (Å²) in [6.07, 6.45) is 6.73. The van der Waals surface area contributed by atoms with Crippen molar-refractivity contribution in [2.24, 2.45) is 29.8 Å². The summed E-state index contributed by atoms with van der Waals surface area (Å²) < 4.78 is 29.9. The van der Waals surface area contributed by atoms with Crippen LogP contribution in [0, 0.1) is 29.4 Å². The highest BCUT2D eigenvalue weighted by atomic mass is 19.1. The van der Waals surface area contributed by atoms with E-state index in [9.17, 15) is 18.7 Å². The third-order valence-corrected chi connectivity index (χ3v) is 6.97. The van der Waals surface area contributed by atoms with E-state index in [2.05, 4.69) is 19.9 Å². The minimum absolute atomic E-state index is 0.0753. The van der Waals surface area contributed by atoms with E-state index < -0.39 is 23.5 Å². The highest BCUT2D eigenvalue weighted by Crippen LogP contribution is 2.44. The number of aromatic nitrogens is 5. The number of halogens is 2. The second kappa shape index (κ2) is 7.16. The van der Waals surface area contributed by atoms with E-state index in [-0.39, 0.29) is 29.0 Å². The van der Waals surface area contributed by atoms with Crippen molar-refractivity contribution in [1.82, 2.24) is 24.5 Å². The molecule has 3 heterocycles. The van der Waals surface area contributed by atoms with Crippen molar-refractivity contribution in [3.05, 3.63) is 36.3 Å². The van der Waals surface area contributed by atoms with Crippen LogP contribution < -0.4 is 0 Å². The number of carbonyl (C=O) groups is 1. The van der Waals surface area contributed by atoms with Crippen LogP contribution in [0.5, 0.6) is 0 Å². The molecule has 8 nitrogen and oxygen atoms in total. The second-order valence-electron chi connectivity index (χ2n) is 8.88. The molecule has 2 N–H and O–H groups in total. The van der Waals surface area contributed by atoms with Crippen molar-refractivity contribution in [1.29, 1.82) is 0 Å². The van der Waals surface area contributed by atoms with Gasteiger partial charge in [0.25, 0.3) is 0 Å². The number of imidazole rings is 1. The summed E-state index contributed by atoms with van der Waals surface area (Å²) in [4.78, 5) is 33.2. The van der Waals surface area contributed by atoms with Crippen molar-refractivity contribution in [2.75, 3.05) is 0 Å². The number of aryl methyl sites for hydroxylation is 1. The molecule has 3 saturated carbocycles. The van der Waals surface area contributed by atoms with E-state index in [4.69, 9.17) is 4.99 Å². The van der Waals surface area contributed by atoms with Gasteiger partial charge in [0.1, 0.15) is 11.6 Å². The van der Waals surface area contributed by atoms with E-state index in [1.54, 1.807) is 17.9 Å². The first-order chi connectivity index (χ1) is 15.9. The van der Waals surface area contributed by atoms with Gasteiger partial charge in [0.05, 0.1) is 17.8 Å². The van der Waals surface area contributed by atoms with Crippen LogP contribution in [0.1, 0.15) is 25.7 Å². The summed E-state index contributed by atoms with van der Waals surface area (Å²) in [5.74, 6) is -2.23. The zero-order valence-electron chi connectivity index (χ0n) is 17.7. The average molecular weight is 450 g/mol. The molecule has 33 heavy (non-hydrogen) atoms. The fraction of sp³-hybridized carbons (Fsp3) is 0.348. The van der Waals surface area contributed by atoms with E-state index in [0.29, 0.717) is 27.8 Å². The Morgan fingerprint density at radius 2 is 2.00 bits per heavy atom. The summed E-state index contributed by atoms with van der Waals surface area (Å²) >= 11 is 0. The number of benzene rings is 1. The predicted molar refractivity (Wildman–Crippen MR) is 117 cm³/mol. The Hall–Kier alpha value is -3.69. The van der Waals surface area contributed by atoms with Gasteiger partial charge < -0.3 is 14.7 Å². The summed E-state index contributed by atoms with van der Waals surface area (Å²) in [5, 5.41) is 10.2. The number of carboxylic acid groups (broad SMARTS) is 1. The second-order valence-corrected chi connectivity index (χ2v) is 8.88. The maximum Gasteiger partial charge on any atom is 0.312 e. The number of H-pyrrole nitrogens is 1. The molecule has 4 aromatic rings. The smallest absolute Gasteiger partial charge is 0.312 e. The summed E-state index contributed by atoms with van der Waals surface area (Å²) in [6.45, 7) is 0. The van der Waals surface area contributed by atoms with Gasteiger partial charge in [-0.25, -0.2) is 28.7 Å². The summed E-state index contributed by atoms with van der Waals surface area (Å²) in [7, 11) is 1.78. The maximum absolute atomic E-state index is 14.2. The standard InChI is InChI=1S/C23H20F2N6O2/c1-31-9-27-19-21(28-17-11-4-2-10(3-5-11)16(17)23(32)33)29-20(30-22(19)31)14-8-26-18-13(14)6-12(24)7-15(18)25/h6-11,16,26H,2-5H2,1H3,(H,32,33)/t10?,11?,16-/m1/s1. The molecule has 2 bridgehead atoms. The number of nitrogens with one attached hydrogen (secondary N) is 1. The highest BCUT2D eigenvalue weighted by molar-refractivity contribution is 6.06. The fourth-order valence-electron chi connectivity index (χ4n) is 5.39. The van der Waals surface area contributed by atoms with E-state index in [1.807, 2.05) is 0 Å². The zero-order valence-corrected chi connectivity index (χ0v) is 17.7. The van der Waals surface area contributed by atoms with Crippen LogP contribution in [-0.2, 0) is 11.8 Å². The van der Waals surface area contributed by atoms with Crippen molar-refractivity contribution in [3.63, 3.8) is 0 Å². The Morgan fingerprint density at radius 3 is 2.76 bits per heavy atom. The molecule has 0 radical (unpaired) electrons. The monoisotopic (exact) mass is 450 g/mol. The van der Waals surface area contributed by atoms with Crippen LogP contribution in [0.15, 0.2) is 29.6 Å². The van der Waals surface area contributed by atoms with E-state index in [1.165, 1.54) is 12.3 Å². The molecule has 10 heteroatoms. The minimum atomic E-state index is -0.864. The Bertz CT molecular complexity index is 1460. The van der Waals surface area contributed by atoms with Crippen molar-refractivity contribution >= 4 is 39.6 Å². The number of carboxylic acids is 1. The van der Waals surface area contributed by atoms with Crippen molar-refractivity contribution < 1.29 is 18.7 Å². The number of fused-ring (bicyclic) bond motifs is 5. The summed E-state index contributed by atoms with van der Waals surface area (Å²) in [6, 6.07) is 2.04. The predicted octanol–water partition coefficient (Wildman–Crippen LogP) is 4.38.